The zero-order valence-corrected chi connectivity index (χ0v) is 8.81. The van der Waals surface area contributed by atoms with Crippen molar-refractivity contribution >= 4 is 23.2 Å². The van der Waals surface area contributed by atoms with Crippen LogP contribution in [-0.4, -0.2) is 29.7 Å². The highest BCUT2D eigenvalue weighted by Crippen LogP contribution is 2.15. The van der Waals surface area contributed by atoms with Gasteiger partial charge in [-0.15, -0.1) is 11.3 Å². The maximum atomic E-state index is 12.2. The summed E-state index contributed by atoms with van der Waals surface area (Å²) in [7, 11) is 0. The van der Waals surface area contributed by atoms with Crippen molar-refractivity contribution in [1.29, 1.82) is 0 Å². The number of rotatable bonds is 4. The maximum Gasteiger partial charge on any atom is 0.328 e. The van der Waals surface area contributed by atoms with Crippen LogP contribution in [0.3, 0.4) is 0 Å². The Morgan fingerprint density at radius 1 is 1.67 bits per heavy atom. The van der Waals surface area contributed by atoms with E-state index in [-0.39, 0.29) is 0 Å². The van der Waals surface area contributed by atoms with E-state index in [2.05, 4.69) is 5.32 Å². The molecule has 0 aliphatic carbocycles. The number of aliphatic carboxylic acids is 1. The van der Waals surface area contributed by atoms with E-state index in [9.17, 15) is 14.0 Å². The lowest BCUT2D eigenvalue weighted by Crippen LogP contribution is -2.42. The normalized spacial score (nSPS) is 12.1. The average Bonchev–Trinajstić information content (AvgIpc) is 2.60. The standard InChI is InChI=1S/C9H10FNO3S/c1-5-2-3-15-7(5)8(12)11-6(4-10)9(13)14/h2-3,6H,4H2,1H3,(H,11,12)(H,13,14). The molecule has 0 saturated carbocycles. The van der Waals surface area contributed by atoms with Gasteiger partial charge < -0.3 is 10.4 Å². The number of carbonyl (C=O) groups is 2. The van der Waals surface area contributed by atoms with Crippen molar-refractivity contribution in [2.75, 3.05) is 6.67 Å². The molecule has 0 aliphatic heterocycles. The second-order valence-corrected chi connectivity index (χ2v) is 3.87. The van der Waals surface area contributed by atoms with Gasteiger partial charge in [0, 0.05) is 0 Å². The third kappa shape index (κ3) is 2.76. The molecule has 1 aromatic rings. The molecule has 1 heterocycles. The number of alkyl halides is 1. The Bertz CT molecular complexity index is 377. The van der Waals surface area contributed by atoms with E-state index in [0.717, 1.165) is 5.56 Å². The van der Waals surface area contributed by atoms with Crippen LogP contribution in [0.1, 0.15) is 15.2 Å². The summed E-state index contributed by atoms with van der Waals surface area (Å²) >= 11 is 1.19. The van der Waals surface area contributed by atoms with Gasteiger partial charge in [0.1, 0.15) is 6.67 Å². The van der Waals surface area contributed by atoms with Crippen molar-refractivity contribution in [1.82, 2.24) is 5.32 Å². The first-order valence-electron chi connectivity index (χ1n) is 4.20. The van der Waals surface area contributed by atoms with Crippen LogP contribution < -0.4 is 5.32 Å². The number of halogens is 1. The summed E-state index contributed by atoms with van der Waals surface area (Å²) in [5.41, 5.74) is 0.750. The molecule has 82 valence electrons. The fourth-order valence-corrected chi connectivity index (χ4v) is 1.82. The molecule has 0 aromatic carbocycles. The highest BCUT2D eigenvalue weighted by molar-refractivity contribution is 7.12. The predicted octanol–water partition coefficient (Wildman–Crippen LogP) is 1.21. The Hall–Kier alpha value is -1.43. The topological polar surface area (TPSA) is 66.4 Å². The first-order chi connectivity index (χ1) is 7.06. The van der Waals surface area contributed by atoms with Gasteiger partial charge in [0.2, 0.25) is 0 Å². The van der Waals surface area contributed by atoms with Gasteiger partial charge in [-0.3, -0.25) is 4.79 Å². The predicted molar refractivity (Wildman–Crippen MR) is 53.9 cm³/mol. The summed E-state index contributed by atoms with van der Waals surface area (Å²) in [6.07, 6.45) is 0. The van der Waals surface area contributed by atoms with Crippen LogP contribution >= 0.6 is 11.3 Å². The van der Waals surface area contributed by atoms with Crippen LogP contribution in [0, 0.1) is 6.92 Å². The van der Waals surface area contributed by atoms with E-state index in [1.54, 1.807) is 18.4 Å². The number of amides is 1. The van der Waals surface area contributed by atoms with Crippen molar-refractivity contribution in [3.63, 3.8) is 0 Å². The van der Waals surface area contributed by atoms with E-state index in [1.165, 1.54) is 11.3 Å². The first kappa shape index (κ1) is 11.6. The van der Waals surface area contributed by atoms with Gasteiger partial charge in [0.05, 0.1) is 4.88 Å². The van der Waals surface area contributed by atoms with Gasteiger partial charge in [-0.2, -0.15) is 0 Å². The Balaban J connectivity index is 2.71. The molecule has 1 amide bonds. The Labute approximate surface area is 89.7 Å². The van der Waals surface area contributed by atoms with Crippen molar-refractivity contribution < 1.29 is 19.1 Å². The Morgan fingerprint density at radius 3 is 2.73 bits per heavy atom. The summed E-state index contributed by atoms with van der Waals surface area (Å²) in [6, 6.07) is 0.268. The van der Waals surface area contributed by atoms with Crippen LogP contribution in [0.2, 0.25) is 0 Å². The molecule has 1 rings (SSSR count). The Morgan fingerprint density at radius 2 is 2.33 bits per heavy atom. The van der Waals surface area contributed by atoms with Crippen LogP contribution in [0.25, 0.3) is 0 Å². The molecule has 0 bridgehead atoms. The highest BCUT2D eigenvalue weighted by Gasteiger charge is 2.21. The second kappa shape index (κ2) is 4.88. The first-order valence-corrected chi connectivity index (χ1v) is 5.08. The molecule has 0 saturated heterocycles. The fourth-order valence-electron chi connectivity index (χ4n) is 0.995. The third-order valence-electron chi connectivity index (χ3n) is 1.83. The lowest BCUT2D eigenvalue weighted by Gasteiger charge is -2.09. The third-order valence-corrected chi connectivity index (χ3v) is 2.84. The molecule has 0 radical (unpaired) electrons. The van der Waals surface area contributed by atoms with Crippen LogP contribution in [0.5, 0.6) is 0 Å². The van der Waals surface area contributed by atoms with Gasteiger partial charge in [0.25, 0.3) is 5.91 Å². The van der Waals surface area contributed by atoms with Crippen molar-refractivity contribution in [3.05, 3.63) is 21.9 Å². The van der Waals surface area contributed by atoms with Crippen LogP contribution in [0.15, 0.2) is 11.4 Å². The largest absolute Gasteiger partial charge is 0.480 e. The molecule has 1 unspecified atom stereocenters. The number of aryl methyl sites for hydroxylation is 1. The quantitative estimate of drug-likeness (QED) is 0.818. The fraction of sp³-hybridized carbons (Fsp3) is 0.333. The van der Waals surface area contributed by atoms with Gasteiger partial charge in [-0.05, 0) is 23.9 Å². The van der Waals surface area contributed by atoms with Gasteiger partial charge in [-0.1, -0.05) is 0 Å². The summed E-state index contributed by atoms with van der Waals surface area (Å²) in [5.74, 6) is -1.92. The zero-order valence-electron chi connectivity index (χ0n) is 7.99. The average molecular weight is 231 g/mol. The van der Waals surface area contributed by atoms with Crippen molar-refractivity contribution in [2.45, 2.75) is 13.0 Å². The van der Waals surface area contributed by atoms with E-state index in [1.807, 2.05) is 0 Å². The van der Waals surface area contributed by atoms with Gasteiger partial charge in [-0.25, -0.2) is 9.18 Å². The van der Waals surface area contributed by atoms with Crippen molar-refractivity contribution in [2.24, 2.45) is 0 Å². The number of hydrogen-bond acceptors (Lipinski definition) is 3. The molecule has 6 heteroatoms. The minimum absolute atomic E-state index is 0.412. The minimum atomic E-state index is -1.47. The number of hydrogen-bond donors (Lipinski definition) is 2. The highest BCUT2D eigenvalue weighted by atomic mass is 32.1. The SMILES string of the molecule is Cc1ccsc1C(=O)NC(CF)C(=O)O. The van der Waals surface area contributed by atoms with Gasteiger partial charge in [0.15, 0.2) is 6.04 Å². The number of carboxylic acid groups (broad SMARTS) is 1. The zero-order chi connectivity index (χ0) is 11.4. The molecular weight excluding hydrogens is 221 g/mol. The lowest BCUT2D eigenvalue weighted by atomic mass is 10.2. The summed E-state index contributed by atoms with van der Waals surface area (Å²) in [4.78, 5) is 22.4. The van der Waals surface area contributed by atoms with Crippen molar-refractivity contribution in [3.8, 4) is 0 Å². The molecule has 2 N–H and O–H groups in total. The Kier molecular flexibility index (Phi) is 3.79. The number of nitrogens with one attached hydrogen (secondary N) is 1. The maximum absolute atomic E-state index is 12.2. The van der Waals surface area contributed by atoms with Crippen LogP contribution in [-0.2, 0) is 4.79 Å². The molecule has 1 atom stereocenters. The second-order valence-electron chi connectivity index (χ2n) is 2.95. The molecule has 0 aliphatic rings. The molecule has 1 aromatic heterocycles. The summed E-state index contributed by atoms with van der Waals surface area (Å²) in [5, 5.41) is 12.4. The minimum Gasteiger partial charge on any atom is -0.480 e. The smallest absolute Gasteiger partial charge is 0.328 e. The van der Waals surface area contributed by atoms with Gasteiger partial charge >= 0.3 is 5.97 Å². The molecular formula is C9H10FNO3S. The van der Waals surface area contributed by atoms with Crippen LogP contribution in [0.4, 0.5) is 4.39 Å². The lowest BCUT2D eigenvalue weighted by molar-refractivity contribution is -0.139. The molecule has 4 nitrogen and oxygen atoms in total. The number of thiophene rings is 1. The van der Waals surface area contributed by atoms with E-state index in [4.69, 9.17) is 5.11 Å². The summed E-state index contributed by atoms with van der Waals surface area (Å²) < 4.78 is 12.2. The van der Waals surface area contributed by atoms with E-state index >= 15 is 0 Å². The van der Waals surface area contributed by atoms with E-state index < -0.39 is 24.6 Å². The van der Waals surface area contributed by atoms with E-state index in [0.29, 0.717) is 4.88 Å². The molecule has 15 heavy (non-hydrogen) atoms. The summed E-state index contributed by atoms with van der Waals surface area (Å²) in [6.45, 7) is 0.613. The number of carbonyl (C=O) groups excluding carboxylic acids is 1. The monoisotopic (exact) mass is 231 g/mol. The number of carboxylic acids is 1. The molecule has 0 fully saturated rings. The molecule has 0 spiro atoms.